The van der Waals surface area contributed by atoms with E-state index in [1.54, 1.807) is 0 Å². The van der Waals surface area contributed by atoms with Crippen molar-refractivity contribution in [2.45, 2.75) is 19.4 Å². The Labute approximate surface area is 86.2 Å². The van der Waals surface area contributed by atoms with Crippen molar-refractivity contribution in [2.75, 3.05) is 0 Å². The average molecular weight is 239 g/mol. The number of hydrogen-bond acceptors (Lipinski definition) is 1. The molecule has 1 aliphatic rings. The summed E-state index contributed by atoms with van der Waals surface area (Å²) in [6, 6.07) is 7.81. The van der Waals surface area contributed by atoms with Crippen molar-refractivity contribution in [3.63, 3.8) is 0 Å². The second-order valence-electron chi connectivity index (χ2n) is 3.44. The van der Waals surface area contributed by atoms with Crippen LogP contribution in [0.15, 0.2) is 39.9 Å². The van der Waals surface area contributed by atoms with Crippen LogP contribution < -0.4 is 0 Å². The smallest absolute Gasteiger partial charge is 0.101 e. The van der Waals surface area contributed by atoms with E-state index in [1.807, 2.05) is 24.3 Å². The number of halogens is 1. The summed E-state index contributed by atoms with van der Waals surface area (Å²) in [6.07, 6.45) is 0.616. The Morgan fingerprint density at radius 2 is 1.85 bits per heavy atom. The minimum absolute atomic E-state index is 0.381. The fraction of sp³-hybridized carbons (Fsp3) is 0.273. The standard InChI is InChI=1S/C11H11BrO/c1-7-6-10(7)11(13)8-2-4-9(12)5-3-8/h2-5,11,13H,6H2,1H3. The van der Waals surface area contributed by atoms with E-state index in [1.165, 1.54) is 11.1 Å². The molecule has 1 unspecified atom stereocenters. The van der Waals surface area contributed by atoms with Crippen LogP contribution in [-0.4, -0.2) is 5.11 Å². The van der Waals surface area contributed by atoms with Gasteiger partial charge in [0.25, 0.3) is 0 Å². The molecule has 0 saturated carbocycles. The lowest BCUT2D eigenvalue weighted by atomic mass is 10.1. The van der Waals surface area contributed by atoms with E-state index in [2.05, 4.69) is 22.9 Å². The van der Waals surface area contributed by atoms with Gasteiger partial charge in [-0.2, -0.15) is 0 Å². The highest BCUT2D eigenvalue weighted by Crippen LogP contribution is 2.40. The maximum Gasteiger partial charge on any atom is 0.101 e. The van der Waals surface area contributed by atoms with E-state index < -0.39 is 0 Å². The van der Waals surface area contributed by atoms with Gasteiger partial charge in [0.05, 0.1) is 0 Å². The number of aliphatic hydroxyl groups is 1. The van der Waals surface area contributed by atoms with Crippen LogP contribution in [0.25, 0.3) is 0 Å². The lowest BCUT2D eigenvalue weighted by Crippen LogP contribution is -1.93. The normalized spacial score (nSPS) is 17.5. The summed E-state index contributed by atoms with van der Waals surface area (Å²) in [7, 11) is 0. The van der Waals surface area contributed by atoms with E-state index in [0.29, 0.717) is 0 Å². The first-order valence-electron chi connectivity index (χ1n) is 4.30. The molecule has 1 aromatic rings. The molecule has 1 nitrogen and oxygen atoms in total. The molecule has 68 valence electrons. The van der Waals surface area contributed by atoms with Crippen molar-refractivity contribution < 1.29 is 5.11 Å². The number of aliphatic hydroxyl groups excluding tert-OH is 1. The van der Waals surface area contributed by atoms with Gasteiger partial charge in [0.2, 0.25) is 0 Å². The summed E-state index contributed by atoms with van der Waals surface area (Å²) in [5.74, 6) is 0. The molecule has 0 heterocycles. The van der Waals surface area contributed by atoms with Crippen LogP contribution in [0.4, 0.5) is 0 Å². The summed E-state index contributed by atoms with van der Waals surface area (Å²) in [4.78, 5) is 0. The van der Waals surface area contributed by atoms with Gasteiger partial charge in [0.15, 0.2) is 0 Å². The van der Waals surface area contributed by atoms with Crippen LogP contribution >= 0.6 is 15.9 Å². The van der Waals surface area contributed by atoms with Gasteiger partial charge < -0.3 is 5.11 Å². The predicted octanol–water partition coefficient (Wildman–Crippen LogP) is 3.20. The van der Waals surface area contributed by atoms with Gasteiger partial charge in [0, 0.05) is 4.47 Å². The lowest BCUT2D eigenvalue weighted by Gasteiger charge is -2.06. The van der Waals surface area contributed by atoms with E-state index in [0.717, 1.165) is 16.5 Å². The lowest BCUT2D eigenvalue weighted by molar-refractivity contribution is 0.220. The molecular formula is C11H11BrO. The summed E-state index contributed by atoms with van der Waals surface area (Å²) in [5, 5.41) is 9.85. The summed E-state index contributed by atoms with van der Waals surface area (Å²) in [6.45, 7) is 2.07. The quantitative estimate of drug-likeness (QED) is 0.785. The summed E-state index contributed by atoms with van der Waals surface area (Å²) in [5.41, 5.74) is 3.49. The number of hydrogen-bond donors (Lipinski definition) is 1. The first kappa shape index (κ1) is 8.97. The van der Waals surface area contributed by atoms with E-state index in [9.17, 15) is 5.11 Å². The molecule has 13 heavy (non-hydrogen) atoms. The highest BCUT2D eigenvalue weighted by Gasteiger charge is 2.25. The topological polar surface area (TPSA) is 20.2 Å². The van der Waals surface area contributed by atoms with Crippen LogP contribution in [0.3, 0.4) is 0 Å². The van der Waals surface area contributed by atoms with Gasteiger partial charge in [0.1, 0.15) is 6.10 Å². The first-order valence-corrected chi connectivity index (χ1v) is 5.10. The monoisotopic (exact) mass is 238 g/mol. The van der Waals surface area contributed by atoms with Crippen molar-refractivity contribution in [1.29, 1.82) is 0 Å². The highest BCUT2D eigenvalue weighted by molar-refractivity contribution is 9.10. The van der Waals surface area contributed by atoms with Gasteiger partial charge >= 0.3 is 0 Å². The zero-order chi connectivity index (χ0) is 9.42. The number of allylic oxidation sites excluding steroid dienone is 1. The highest BCUT2D eigenvalue weighted by atomic mass is 79.9. The average Bonchev–Trinajstić information content (AvgIpc) is 2.83. The number of benzene rings is 1. The van der Waals surface area contributed by atoms with Crippen molar-refractivity contribution in [2.24, 2.45) is 0 Å². The van der Waals surface area contributed by atoms with E-state index >= 15 is 0 Å². The molecule has 0 saturated heterocycles. The predicted molar refractivity (Wildman–Crippen MR) is 56.4 cm³/mol. The molecule has 2 heteroatoms. The molecule has 0 spiro atoms. The second-order valence-corrected chi connectivity index (χ2v) is 4.35. The van der Waals surface area contributed by atoms with Gasteiger partial charge in [-0.15, -0.1) is 0 Å². The molecular weight excluding hydrogens is 228 g/mol. The minimum atomic E-state index is -0.381. The van der Waals surface area contributed by atoms with Crippen LogP contribution in [-0.2, 0) is 0 Å². The maximum atomic E-state index is 9.85. The van der Waals surface area contributed by atoms with Crippen LogP contribution in [0, 0.1) is 0 Å². The zero-order valence-electron chi connectivity index (χ0n) is 7.42. The zero-order valence-corrected chi connectivity index (χ0v) is 9.01. The van der Waals surface area contributed by atoms with Gasteiger partial charge in [-0.1, -0.05) is 33.6 Å². The van der Waals surface area contributed by atoms with E-state index in [4.69, 9.17) is 0 Å². The van der Waals surface area contributed by atoms with Gasteiger partial charge in [-0.25, -0.2) is 0 Å². The maximum absolute atomic E-state index is 9.85. The third kappa shape index (κ3) is 1.84. The molecule has 1 N–H and O–H groups in total. The SMILES string of the molecule is CC1=C(C(O)c2ccc(Br)cc2)C1. The molecule has 1 atom stereocenters. The molecule has 1 aliphatic carbocycles. The number of rotatable bonds is 2. The Morgan fingerprint density at radius 3 is 2.31 bits per heavy atom. The molecule has 0 amide bonds. The molecule has 0 bridgehead atoms. The molecule has 0 fully saturated rings. The molecule has 2 rings (SSSR count). The fourth-order valence-corrected chi connectivity index (χ4v) is 1.68. The summed E-state index contributed by atoms with van der Waals surface area (Å²) >= 11 is 3.37. The van der Waals surface area contributed by atoms with Crippen LogP contribution in [0.2, 0.25) is 0 Å². The van der Waals surface area contributed by atoms with Gasteiger partial charge in [-0.05, 0) is 36.6 Å². The fourth-order valence-electron chi connectivity index (χ4n) is 1.42. The van der Waals surface area contributed by atoms with Crippen molar-refractivity contribution in [3.05, 3.63) is 45.4 Å². The minimum Gasteiger partial charge on any atom is -0.384 e. The van der Waals surface area contributed by atoms with E-state index in [-0.39, 0.29) is 6.10 Å². The summed E-state index contributed by atoms with van der Waals surface area (Å²) < 4.78 is 1.05. The van der Waals surface area contributed by atoms with Crippen molar-refractivity contribution in [1.82, 2.24) is 0 Å². The van der Waals surface area contributed by atoms with Crippen LogP contribution in [0.5, 0.6) is 0 Å². The Kier molecular flexibility index (Phi) is 2.26. The third-order valence-electron chi connectivity index (χ3n) is 2.39. The Bertz CT molecular complexity index is 351. The molecule has 0 radical (unpaired) electrons. The molecule has 0 aromatic heterocycles. The van der Waals surface area contributed by atoms with Crippen molar-refractivity contribution in [3.8, 4) is 0 Å². The van der Waals surface area contributed by atoms with Crippen LogP contribution in [0.1, 0.15) is 25.0 Å². The van der Waals surface area contributed by atoms with Gasteiger partial charge in [-0.3, -0.25) is 0 Å². The Hall–Kier alpha value is -0.600. The largest absolute Gasteiger partial charge is 0.384 e. The molecule has 1 aromatic carbocycles. The first-order chi connectivity index (χ1) is 6.18. The third-order valence-corrected chi connectivity index (χ3v) is 2.92. The Morgan fingerprint density at radius 1 is 1.31 bits per heavy atom. The van der Waals surface area contributed by atoms with Crippen molar-refractivity contribution >= 4 is 15.9 Å². The molecule has 0 aliphatic heterocycles. The second kappa shape index (κ2) is 3.28. The Balaban J connectivity index is 2.21.